The molecule has 0 spiro atoms. The van der Waals surface area contributed by atoms with Crippen LogP contribution in [0.2, 0.25) is 0 Å². The summed E-state index contributed by atoms with van der Waals surface area (Å²) < 4.78 is 5.34. The molecular formula is C11H18N4O2. The summed E-state index contributed by atoms with van der Waals surface area (Å²) in [5.74, 6) is 1.08. The van der Waals surface area contributed by atoms with Crippen LogP contribution in [0, 0.1) is 0 Å². The third-order valence-corrected chi connectivity index (χ3v) is 2.71. The second-order valence-electron chi connectivity index (χ2n) is 4.00. The van der Waals surface area contributed by atoms with E-state index in [4.69, 9.17) is 15.6 Å². The lowest BCUT2D eigenvalue weighted by atomic mass is 10.3. The fourth-order valence-corrected chi connectivity index (χ4v) is 1.81. The number of aliphatic hydroxyl groups is 1. The van der Waals surface area contributed by atoms with Gasteiger partial charge in [0.25, 0.3) is 0 Å². The molecule has 1 saturated carbocycles. The Morgan fingerprint density at radius 3 is 2.88 bits per heavy atom. The van der Waals surface area contributed by atoms with Crippen LogP contribution in [0.3, 0.4) is 0 Å². The minimum absolute atomic E-state index is 0.0872. The Morgan fingerprint density at radius 1 is 1.53 bits per heavy atom. The van der Waals surface area contributed by atoms with E-state index in [0.29, 0.717) is 36.6 Å². The van der Waals surface area contributed by atoms with Crippen molar-refractivity contribution < 1.29 is 9.84 Å². The smallest absolute Gasteiger partial charge is 0.242 e. The number of aliphatic hydroxyl groups excluding tert-OH is 1. The van der Waals surface area contributed by atoms with E-state index in [2.05, 4.69) is 9.97 Å². The number of nitrogens with zero attached hydrogens (tertiary/aromatic N) is 3. The minimum Gasteiger partial charge on any atom is -0.476 e. The zero-order valence-corrected chi connectivity index (χ0v) is 9.96. The van der Waals surface area contributed by atoms with Crippen LogP contribution >= 0.6 is 0 Å². The molecule has 0 aromatic carbocycles. The second kappa shape index (κ2) is 5.18. The average Bonchev–Trinajstić information content (AvgIpc) is 3.14. The van der Waals surface area contributed by atoms with Crippen LogP contribution in [0.1, 0.15) is 19.8 Å². The lowest BCUT2D eigenvalue weighted by molar-refractivity contribution is 0.300. The Bertz CT molecular complexity index is 382. The molecule has 6 heteroatoms. The molecule has 17 heavy (non-hydrogen) atoms. The van der Waals surface area contributed by atoms with Crippen molar-refractivity contribution >= 4 is 11.5 Å². The van der Waals surface area contributed by atoms with Gasteiger partial charge in [0.2, 0.25) is 5.88 Å². The number of hydrogen-bond donors (Lipinski definition) is 2. The summed E-state index contributed by atoms with van der Waals surface area (Å²) in [6, 6.07) is 0.439. The van der Waals surface area contributed by atoms with Crippen molar-refractivity contribution in [2.45, 2.75) is 25.8 Å². The van der Waals surface area contributed by atoms with Crippen molar-refractivity contribution in [2.75, 3.05) is 30.4 Å². The second-order valence-corrected chi connectivity index (χ2v) is 4.00. The Kier molecular flexibility index (Phi) is 3.63. The van der Waals surface area contributed by atoms with Gasteiger partial charge in [-0.15, -0.1) is 0 Å². The zero-order valence-electron chi connectivity index (χ0n) is 9.96. The van der Waals surface area contributed by atoms with E-state index in [1.165, 1.54) is 6.33 Å². The van der Waals surface area contributed by atoms with Crippen LogP contribution in [0.25, 0.3) is 0 Å². The molecule has 0 aliphatic heterocycles. The van der Waals surface area contributed by atoms with Gasteiger partial charge in [0.1, 0.15) is 12.0 Å². The van der Waals surface area contributed by atoms with Crippen LogP contribution in [-0.2, 0) is 0 Å². The zero-order chi connectivity index (χ0) is 12.3. The first-order valence-corrected chi connectivity index (χ1v) is 5.88. The monoisotopic (exact) mass is 238 g/mol. The van der Waals surface area contributed by atoms with Gasteiger partial charge in [-0.3, -0.25) is 0 Å². The number of nitrogens with two attached hydrogens (primary N) is 1. The van der Waals surface area contributed by atoms with Gasteiger partial charge in [-0.1, -0.05) is 0 Å². The Balaban J connectivity index is 2.25. The average molecular weight is 238 g/mol. The molecule has 94 valence electrons. The number of ether oxygens (including phenoxy) is 1. The molecule has 1 aliphatic rings. The fraction of sp³-hybridized carbons (Fsp3) is 0.636. The highest BCUT2D eigenvalue weighted by molar-refractivity contribution is 5.68. The molecule has 1 aromatic rings. The Hall–Kier alpha value is -1.56. The van der Waals surface area contributed by atoms with Gasteiger partial charge in [0.15, 0.2) is 5.82 Å². The van der Waals surface area contributed by atoms with E-state index < -0.39 is 0 Å². The number of aromatic nitrogens is 2. The van der Waals surface area contributed by atoms with E-state index in [0.717, 1.165) is 12.8 Å². The standard InChI is InChI=1S/C11H18N4O2/c1-2-17-11-9(12)10(13-7-14-11)15(5-6-16)8-3-4-8/h7-8,16H,2-6,12H2,1H3. The molecule has 0 bridgehead atoms. The molecule has 0 atom stereocenters. The molecule has 1 aliphatic carbocycles. The summed E-state index contributed by atoms with van der Waals surface area (Å²) in [6.07, 6.45) is 3.68. The Morgan fingerprint density at radius 2 is 2.29 bits per heavy atom. The van der Waals surface area contributed by atoms with Gasteiger partial charge in [-0.2, -0.15) is 4.98 Å². The fourth-order valence-electron chi connectivity index (χ4n) is 1.81. The van der Waals surface area contributed by atoms with E-state index >= 15 is 0 Å². The maximum Gasteiger partial charge on any atom is 0.242 e. The first-order valence-electron chi connectivity index (χ1n) is 5.88. The molecule has 2 rings (SSSR count). The van der Waals surface area contributed by atoms with Crippen LogP contribution in [0.5, 0.6) is 5.88 Å². The highest BCUT2D eigenvalue weighted by atomic mass is 16.5. The number of nitrogen functional groups attached to an aromatic ring is 1. The van der Waals surface area contributed by atoms with Crippen LogP contribution in [0.4, 0.5) is 11.5 Å². The summed E-state index contributed by atoms with van der Waals surface area (Å²) in [4.78, 5) is 10.2. The number of rotatable bonds is 6. The number of hydrogen-bond acceptors (Lipinski definition) is 6. The van der Waals surface area contributed by atoms with Gasteiger partial charge in [-0.05, 0) is 19.8 Å². The summed E-state index contributed by atoms with van der Waals surface area (Å²) in [6.45, 7) is 3.03. The molecule has 1 aromatic heterocycles. The Labute approximate surface area is 100 Å². The molecule has 1 fully saturated rings. The maximum absolute atomic E-state index is 9.08. The van der Waals surface area contributed by atoms with Crippen molar-refractivity contribution in [3.63, 3.8) is 0 Å². The highest BCUT2D eigenvalue weighted by Gasteiger charge is 2.31. The van der Waals surface area contributed by atoms with Gasteiger partial charge >= 0.3 is 0 Å². The molecule has 0 amide bonds. The minimum atomic E-state index is 0.0872. The quantitative estimate of drug-likeness (QED) is 0.747. The van der Waals surface area contributed by atoms with E-state index in [9.17, 15) is 0 Å². The topological polar surface area (TPSA) is 84.5 Å². The van der Waals surface area contributed by atoms with Gasteiger partial charge in [0, 0.05) is 12.6 Å². The summed E-state index contributed by atoms with van der Waals surface area (Å²) >= 11 is 0. The lowest BCUT2D eigenvalue weighted by Crippen LogP contribution is -2.30. The molecular weight excluding hydrogens is 220 g/mol. The van der Waals surface area contributed by atoms with Gasteiger partial charge < -0.3 is 20.5 Å². The molecule has 1 heterocycles. The molecule has 0 saturated heterocycles. The van der Waals surface area contributed by atoms with Crippen molar-refractivity contribution in [2.24, 2.45) is 0 Å². The lowest BCUT2D eigenvalue weighted by Gasteiger charge is -2.24. The predicted molar refractivity (Wildman–Crippen MR) is 65.1 cm³/mol. The highest BCUT2D eigenvalue weighted by Crippen LogP contribution is 2.35. The summed E-state index contributed by atoms with van der Waals surface area (Å²) in [5.41, 5.74) is 6.45. The normalized spacial score (nSPS) is 14.7. The van der Waals surface area contributed by atoms with Crippen molar-refractivity contribution in [3.8, 4) is 5.88 Å². The van der Waals surface area contributed by atoms with Crippen molar-refractivity contribution in [3.05, 3.63) is 6.33 Å². The molecule has 0 radical (unpaired) electrons. The third-order valence-electron chi connectivity index (χ3n) is 2.71. The van der Waals surface area contributed by atoms with E-state index in [1.807, 2.05) is 11.8 Å². The third kappa shape index (κ3) is 2.58. The van der Waals surface area contributed by atoms with Crippen molar-refractivity contribution in [1.82, 2.24) is 9.97 Å². The van der Waals surface area contributed by atoms with E-state index in [-0.39, 0.29) is 6.61 Å². The maximum atomic E-state index is 9.08. The van der Waals surface area contributed by atoms with Gasteiger partial charge in [-0.25, -0.2) is 4.98 Å². The van der Waals surface area contributed by atoms with Crippen LogP contribution < -0.4 is 15.4 Å². The summed E-state index contributed by atoms with van der Waals surface area (Å²) in [5, 5.41) is 9.08. The van der Waals surface area contributed by atoms with Crippen LogP contribution in [-0.4, -0.2) is 40.9 Å². The van der Waals surface area contributed by atoms with Crippen molar-refractivity contribution in [1.29, 1.82) is 0 Å². The summed E-state index contributed by atoms with van der Waals surface area (Å²) in [7, 11) is 0. The number of anilines is 2. The molecule has 0 unspecified atom stereocenters. The molecule has 3 N–H and O–H groups in total. The van der Waals surface area contributed by atoms with Gasteiger partial charge in [0.05, 0.1) is 13.2 Å². The first kappa shape index (κ1) is 11.9. The first-order chi connectivity index (χ1) is 8.27. The van der Waals surface area contributed by atoms with E-state index in [1.54, 1.807) is 0 Å². The van der Waals surface area contributed by atoms with Crippen LogP contribution in [0.15, 0.2) is 6.33 Å². The largest absolute Gasteiger partial charge is 0.476 e. The SMILES string of the molecule is CCOc1ncnc(N(CCO)C2CC2)c1N. The predicted octanol–water partition coefficient (Wildman–Crippen LogP) is 0.419. The molecule has 6 nitrogen and oxygen atoms in total.